The summed E-state index contributed by atoms with van der Waals surface area (Å²) in [6, 6.07) is 73.3. The molecule has 6 aromatic heterocycles. The van der Waals surface area contributed by atoms with Gasteiger partial charge in [-0.1, -0.05) is 146 Å². The largest absolute Gasteiger partial charge is 0.455 e. The van der Waals surface area contributed by atoms with Crippen LogP contribution in [0.4, 0.5) is 0 Å². The lowest BCUT2D eigenvalue weighted by Crippen LogP contribution is -2.06. The van der Waals surface area contributed by atoms with Gasteiger partial charge in [-0.15, -0.1) is 0 Å². The normalized spacial score (nSPS) is 12.0. The van der Waals surface area contributed by atoms with Gasteiger partial charge in [-0.05, 0) is 66.7 Å². The van der Waals surface area contributed by atoms with E-state index in [1.54, 1.807) is 0 Å². The van der Waals surface area contributed by atoms with Crippen LogP contribution in [-0.4, -0.2) is 29.1 Å². The van der Waals surface area contributed by atoms with Gasteiger partial charge in [0.25, 0.3) is 0 Å². The number of hydrogen-bond donors (Lipinski definition) is 0. The molecule has 0 radical (unpaired) electrons. The van der Waals surface area contributed by atoms with Gasteiger partial charge in [0.05, 0.1) is 49.9 Å². The molecule has 0 atom stereocenters. The summed E-state index contributed by atoms with van der Waals surface area (Å²) >= 11 is 0. The second kappa shape index (κ2) is 14.9. The number of pyridine rings is 1. The summed E-state index contributed by atoms with van der Waals surface area (Å²) in [5.74, 6) is 1.67. The Morgan fingerprint density at radius 2 is 0.800 bits per heavy atom. The van der Waals surface area contributed by atoms with E-state index < -0.39 is 0 Å². The Morgan fingerprint density at radius 3 is 1.37 bits per heavy atom. The van der Waals surface area contributed by atoms with Crippen LogP contribution in [0.3, 0.4) is 0 Å². The van der Waals surface area contributed by atoms with Crippen molar-refractivity contribution >= 4 is 87.5 Å². The summed E-state index contributed by atoms with van der Waals surface area (Å²) in [6.45, 7) is 0. The summed E-state index contributed by atoms with van der Waals surface area (Å²) in [5, 5.41) is 8.57. The molecule has 9 aromatic carbocycles. The molecule has 0 N–H and O–H groups in total. The summed E-state index contributed by atoms with van der Waals surface area (Å²) in [7, 11) is 0. The van der Waals surface area contributed by atoms with Crippen molar-refractivity contribution in [3.63, 3.8) is 0 Å². The average Bonchev–Trinajstić information content (AvgIpc) is 4.19. The molecule has 0 saturated carbocycles. The van der Waals surface area contributed by atoms with E-state index in [9.17, 15) is 0 Å². The molecule has 0 fully saturated rings. The topological polar surface area (TPSA) is 87.7 Å². The molecule has 0 aliphatic rings. The zero-order chi connectivity index (χ0) is 45.9. The van der Waals surface area contributed by atoms with Gasteiger partial charge in [0.15, 0.2) is 17.5 Å². The van der Waals surface area contributed by atoms with Crippen LogP contribution in [0.1, 0.15) is 0 Å². The molecule has 0 unspecified atom stereocenters. The quantitative estimate of drug-likeness (QED) is 0.165. The molecule has 8 heteroatoms. The zero-order valence-corrected chi connectivity index (χ0v) is 37.3. The molecule has 0 saturated heterocycles. The number of nitrogens with zero attached hydrogens (tertiary/aromatic N) is 6. The fraction of sp³-hybridized carbons (Fsp3) is 0. The molecule has 0 bridgehead atoms. The first-order chi connectivity index (χ1) is 34.7. The van der Waals surface area contributed by atoms with Gasteiger partial charge in [0.2, 0.25) is 0 Å². The van der Waals surface area contributed by atoms with Gasteiger partial charge in [-0.25, -0.2) is 15.0 Å². The van der Waals surface area contributed by atoms with Crippen molar-refractivity contribution in [3.05, 3.63) is 219 Å². The zero-order valence-electron chi connectivity index (χ0n) is 37.3. The van der Waals surface area contributed by atoms with Gasteiger partial charge < -0.3 is 18.0 Å². The minimum absolute atomic E-state index is 0.521. The Balaban J connectivity index is 1.08. The van der Waals surface area contributed by atoms with Gasteiger partial charge >= 0.3 is 0 Å². The van der Waals surface area contributed by atoms with Crippen LogP contribution >= 0.6 is 0 Å². The molecule has 6 heterocycles. The summed E-state index contributed by atoms with van der Waals surface area (Å²) in [5.41, 5.74) is 13.4. The summed E-state index contributed by atoms with van der Waals surface area (Å²) < 4.78 is 18.2. The minimum Gasteiger partial charge on any atom is -0.455 e. The van der Waals surface area contributed by atoms with Gasteiger partial charge in [-0.2, -0.15) is 0 Å². The number of furan rings is 2. The molecule has 8 nitrogen and oxygen atoms in total. The third kappa shape index (κ3) is 5.58. The Bertz CT molecular complexity index is 4540. The minimum atomic E-state index is 0.521. The highest BCUT2D eigenvalue weighted by Crippen LogP contribution is 2.47. The fourth-order valence-corrected chi connectivity index (χ4v) is 10.8. The van der Waals surface area contributed by atoms with E-state index in [0.717, 1.165) is 127 Å². The summed E-state index contributed by atoms with van der Waals surface area (Å²) in [6.07, 6.45) is 1.88. The molecule has 15 rings (SSSR count). The van der Waals surface area contributed by atoms with Crippen molar-refractivity contribution in [3.8, 4) is 56.8 Å². The first kappa shape index (κ1) is 38.4. The highest BCUT2D eigenvalue weighted by molar-refractivity contribution is 6.25. The van der Waals surface area contributed by atoms with Crippen molar-refractivity contribution in [2.45, 2.75) is 0 Å². The predicted molar refractivity (Wildman–Crippen MR) is 283 cm³/mol. The maximum Gasteiger partial charge on any atom is 0.164 e. The Labute approximate surface area is 399 Å². The Morgan fingerprint density at radius 1 is 0.329 bits per heavy atom. The van der Waals surface area contributed by atoms with E-state index in [0.29, 0.717) is 17.5 Å². The smallest absolute Gasteiger partial charge is 0.164 e. The maximum absolute atomic E-state index is 6.78. The molecule has 0 spiro atoms. The molecular weight excluding hydrogens is 861 g/mol. The lowest BCUT2D eigenvalue weighted by atomic mass is 9.98. The van der Waals surface area contributed by atoms with Crippen LogP contribution in [0.15, 0.2) is 227 Å². The van der Waals surface area contributed by atoms with E-state index in [2.05, 4.69) is 130 Å². The molecule has 0 aliphatic carbocycles. The number of hydrogen-bond acceptors (Lipinski definition) is 6. The van der Waals surface area contributed by atoms with Crippen molar-refractivity contribution in [2.75, 3.05) is 0 Å². The van der Waals surface area contributed by atoms with Crippen molar-refractivity contribution < 1.29 is 8.83 Å². The highest BCUT2D eigenvalue weighted by atomic mass is 16.3. The predicted octanol–water partition coefficient (Wildman–Crippen LogP) is 15.9. The van der Waals surface area contributed by atoms with Crippen LogP contribution in [0.2, 0.25) is 0 Å². The number of aromatic nitrogens is 6. The van der Waals surface area contributed by atoms with E-state index in [4.69, 9.17) is 28.8 Å². The SMILES string of the molecule is c1ccc(-c2nc(-c3ccccc3)nc(-c3cccc(-n4c5ccccc5c5c6oc7ccccc7c6ccc54)c3-c3ncccc3-n3c4ccccc4c4c5oc6ccccc6c5ccc43)n2)cc1. The maximum atomic E-state index is 6.78. The third-order valence-corrected chi connectivity index (χ3v) is 13.8. The first-order valence-electron chi connectivity index (χ1n) is 23.4. The summed E-state index contributed by atoms with van der Waals surface area (Å²) in [4.78, 5) is 21.2. The van der Waals surface area contributed by atoms with Crippen molar-refractivity contribution in [1.82, 2.24) is 29.1 Å². The second-order valence-corrected chi connectivity index (χ2v) is 17.7. The van der Waals surface area contributed by atoms with E-state index in [1.165, 1.54) is 0 Å². The second-order valence-electron chi connectivity index (χ2n) is 17.7. The van der Waals surface area contributed by atoms with E-state index in [1.807, 2.05) is 97.2 Å². The monoisotopic (exact) mass is 896 g/mol. The molecule has 70 heavy (non-hydrogen) atoms. The van der Waals surface area contributed by atoms with Crippen LogP contribution < -0.4 is 0 Å². The number of para-hydroxylation sites is 4. The van der Waals surface area contributed by atoms with Gasteiger partial charge in [0.1, 0.15) is 22.3 Å². The lowest BCUT2D eigenvalue weighted by Gasteiger charge is -2.20. The molecule has 15 aromatic rings. The lowest BCUT2D eigenvalue weighted by molar-refractivity contribution is 0.672. The van der Waals surface area contributed by atoms with Crippen LogP contribution in [0.5, 0.6) is 0 Å². The first-order valence-corrected chi connectivity index (χ1v) is 23.4. The number of fused-ring (bicyclic) bond motifs is 14. The van der Waals surface area contributed by atoms with Crippen molar-refractivity contribution in [2.24, 2.45) is 0 Å². The van der Waals surface area contributed by atoms with Crippen molar-refractivity contribution in [1.29, 1.82) is 0 Å². The van der Waals surface area contributed by atoms with E-state index in [-0.39, 0.29) is 0 Å². The standard InChI is InChI=1S/C62H36N6O2/c1-3-17-37(18-4-1)60-64-61(38-19-5-2-6-20-38)66-62(65-60)45-25-15-28-48(67-46-26-11-7-23-43(46)55-49(67)34-32-41-39-21-9-13-30-52(39)69-58(41)55)54(45)57-51(29-16-36-63-57)68-47-27-12-8-24-44(47)56-50(68)35-33-42-40-22-10-14-31-53(40)70-59(42)56/h1-36H. The average molecular weight is 897 g/mol. The van der Waals surface area contributed by atoms with E-state index >= 15 is 0 Å². The molecule has 0 aliphatic heterocycles. The van der Waals surface area contributed by atoms with Gasteiger partial charge in [0, 0.05) is 60.8 Å². The Kier molecular flexibility index (Phi) is 8.20. The van der Waals surface area contributed by atoms with Gasteiger partial charge in [-0.3, -0.25) is 4.98 Å². The molecule has 0 amide bonds. The number of benzene rings is 9. The molecular formula is C62H36N6O2. The van der Waals surface area contributed by atoms with Crippen LogP contribution in [0.25, 0.3) is 144 Å². The van der Waals surface area contributed by atoms with Crippen LogP contribution in [-0.2, 0) is 0 Å². The number of rotatable bonds is 6. The fourth-order valence-electron chi connectivity index (χ4n) is 10.8. The Hall–Kier alpha value is -9.66. The third-order valence-electron chi connectivity index (χ3n) is 13.8. The van der Waals surface area contributed by atoms with Crippen LogP contribution in [0, 0.1) is 0 Å². The highest BCUT2D eigenvalue weighted by Gasteiger charge is 2.28. The molecule has 326 valence electrons.